The highest BCUT2D eigenvalue weighted by atomic mass is 16.4. The highest BCUT2D eigenvalue weighted by molar-refractivity contribution is 5.68. The Morgan fingerprint density at radius 2 is 0.492 bits per heavy atom. The van der Waals surface area contributed by atoms with Gasteiger partial charge in [0.2, 0.25) is 35.3 Å². The standard InChI is InChI=1S/C30H30N4O2.C24H22N2O/c1-29(2,3)23-14-10-19(11-15-23)25-31-33-27(35-25)21-8-7-9-22(18-21)28-34-32-26(36-28)20-12-16-24(17-13-20)30(4,5)6;1-24(2,3)21-15-13-20(14-16-21)23-26-25-22(27-23)19-11-9-18(10-12-19)17-7-5-4-6-8-17/h7-18H,1-6H3;4-16H,1-3H3. The molecular formula is C54H52N6O3. The fraction of sp³-hybridized carbons (Fsp3) is 0.222. The molecule has 0 radical (unpaired) electrons. The first-order valence-corrected chi connectivity index (χ1v) is 21.2. The summed E-state index contributed by atoms with van der Waals surface area (Å²) in [6.45, 7) is 19.7. The Bertz CT molecular complexity index is 2800. The van der Waals surface area contributed by atoms with Crippen LogP contribution in [0.5, 0.6) is 0 Å². The van der Waals surface area contributed by atoms with Gasteiger partial charge in [0.1, 0.15) is 0 Å². The van der Waals surface area contributed by atoms with Gasteiger partial charge >= 0.3 is 0 Å². The molecule has 0 amide bonds. The van der Waals surface area contributed by atoms with Crippen molar-refractivity contribution in [3.63, 3.8) is 0 Å². The summed E-state index contributed by atoms with van der Waals surface area (Å²) < 4.78 is 17.9. The SMILES string of the molecule is CC(C)(C)c1ccc(-c2nnc(-c3ccc(-c4ccccc4)cc3)o2)cc1.CC(C)(C)c1ccc(-c2nnc(-c3cccc(-c4nnc(-c5ccc(C(C)(C)C)cc5)o4)c3)o2)cc1. The Kier molecular flexibility index (Phi) is 11.6. The van der Waals surface area contributed by atoms with Gasteiger partial charge in [0.25, 0.3) is 0 Å². The molecule has 0 aliphatic carbocycles. The van der Waals surface area contributed by atoms with Crippen LogP contribution in [-0.2, 0) is 16.2 Å². The molecule has 63 heavy (non-hydrogen) atoms. The molecule has 9 aromatic rings. The smallest absolute Gasteiger partial charge is 0.248 e. The third-order valence-corrected chi connectivity index (χ3v) is 10.9. The zero-order valence-corrected chi connectivity index (χ0v) is 37.3. The van der Waals surface area contributed by atoms with Gasteiger partial charge in [-0.2, -0.15) is 0 Å². The predicted molar refractivity (Wildman–Crippen MR) is 251 cm³/mol. The van der Waals surface area contributed by atoms with Crippen molar-refractivity contribution in [2.45, 2.75) is 78.6 Å². The van der Waals surface area contributed by atoms with Crippen molar-refractivity contribution in [1.82, 2.24) is 30.6 Å². The number of hydrogen-bond donors (Lipinski definition) is 0. The van der Waals surface area contributed by atoms with E-state index in [2.05, 4.69) is 154 Å². The molecule has 9 heteroatoms. The van der Waals surface area contributed by atoms with E-state index < -0.39 is 0 Å². The van der Waals surface area contributed by atoms with Crippen LogP contribution in [0.1, 0.15) is 79.0 Å². The number of aromatic nitrogens is 6. The van der Waals surface area contributed by atoms with Crippen molar-refractivity contribution in [3.8, 4) is 79.9 Å². The third-order valence-electron chi connectivity index (χ3n) is 10.9. The summed E-state index contributed by atoms with van der Waals surface area (Å²) in [7, 11) is 0. The van der Waals surface area contributed by atoms with Crippen LogP contribution in [0.15, 0.2) is 165 Å². The Labute approximate surface area is 369 Å². The summed E-state index contributed by atoms with van der Waals surface area (Å²) in [5.74, 6) is 2.90. The van der Waals surface area contributed by atoms with Crippen molar-refractivity contribution < 1.29 is 13.3 Å². The number of benzene rings is 6. The van der Waals surface area contributed by atoms with Crippen molar-refractivity contribution in [3.05, 3.63) is 168 Å². The molecule has 9 nitrogen and oxygen atoms in total. The minimum atomic E-state index is 0.0868. The lowest BCUT2D eigenvalue weighted by Crippen LogP contribution is -2.10. The lowest BCUT2D eigenvalue weighted by atomic mass is 9.87. The summed E-state index contributed by atoms with van der Waals surface area (Å²) in [5, 5.41) is 25.5. The molecule has 0 aliphatic rings. The van der Waals surface area contributed by atoms with Crippen LogP contribution in [-0.4, -0.2) is 30.6 Å². The Morgan fingerprint density at radius 1 is 0.254 bits per heavy atom. The Morgan fingerprint density at radius 3 is 0.794 bits per heavy atom. The maximum atomic E-state index is 6.00. The van der Waals surface area contributed by atoms with Crippen LogP contribution >= 0.6 is 0 Å². The second kappa shape index (κ2) is 17.2. The van der Waals surface area contributed by atoms with Crippen LogP contribution in [0.2, 0.25) is 0 Å². The van der Waals surface area contributed by atoms with E-state index in [1.54, 1.807) is 0 Å². The van der Waals surface area contributed by atoms with Gasteiger partial charge in [0.15, 0.2) is 0 Å². The normalized spacial score (nSPS) is 11.9. The molecular weight excluding hydrogens is 781 g/mol. The first kappa shape index (κ1) is 42.4. The molecule has 0 spiro atoms. The Hall–Kier alpha value is -7.26. The molecule has 0 saturated carbocycles. The van der Waals surface area contributed by atoms with Crippen molar-refractivity contribution >= 4 is 0 Å². The lowest BCUT2D eigenvalue weighted by Gasteiger charge is -2.18. The largest absolute Gasteiger partial charge is 0.416 e. The van der Waals surface area contributed by atoms with Gasteiger partial charge < -0.3 is 13.3 Å². The molecule has 3 heterocycles. The molecule has 0 bridgehead atoms. The second-order valence-electron chi connectivity index (χ2n) is 18.7. The van der Waals surface area contributed by atoms with E-state index in [1.807, 2.05) is 91.0 Å². The maximum absolute atomic E-state index is 6.00. The molecule has 316 valence electrons. The Balaban J connectivity index is 0.000000180. The van der Waals surface area contributed by atoms with Crippen molar-refractivity contribution in [2.75, 3.05) is 0 Å². The van der Waals surface area contributed by atoms with Gasteiger partial charge in [-0.1, -0.05) is 147 Å². The summed E-state index contributed by atoms with van der Waals surface area (Å²) in [4.78, 5) is 0. The number of nitrogens with zero attached hydrogens (tertiary/aromatic N) is 6. The molecule has 0 saturated heterocycles. The third kappa shape index (κ3) is 9.94. The van der Waals surface area contributed by atoms with E-state index in [0.29, 0.717) is 35.3 Å². The molecule has 0 fully saturated rings. The lowest BCUT2D eigenvalue weighted by molar-refractivity contribution is 0.580. The summed E-state index contributed by atoms with van der Waals surface area (Å²) in [6.07, 6.45) is 0. The van der Waals surface area contributed by atoms with Gasteiger partial charge in [-0.05, 0) is 111 Å². The molecule has 0 aliphatic heterocycles. The van der Waals surface area contributed by atoms with Gasteiger partial charge in [-0.25, -0.2) is 0 Å². The first-order chi connectivity index (χ1) is 30.1. The van der Waals surface area contributed by atoms with E-state index in [-0.39, 0.29) is 16.2 Å². The highest BCUT2D eigenvalue weighted by Gasteiger charge is 2.19. The zero-order chi connectivity index (χ0) is 44.4. The van der Waals surface area contributed by atoms with Crippen LogP contribution in [0.25, 0.3) is 79.9 Å². The maximum Gasteiger partial charge on any atom is 0.248 e. The molecule has 9 rings (SSSR count). The van der Waals surface area contributed by atoms with E-state index in [4.69, 9.17) is 13.3 Å². The average Bonchev–Trinajstić information content (AvgIpc) is 4.09. The van der Waals surface area contributed by atoms with E-state index in [0.717, 1.165) is 38.9 Å². The minimum absolute atomic E-state index is 0.0868. The van der Waals surface area contributed by atoms with Crippen LogP contribution in [0.3, 0.4) is 0 Å². The topological polar surface area (TPSA) is 117 Å². The van der Waals surface area contributed by atoms with Crippen molar-refractivity contribution in [2.24, 2.45) is 0 Å². The average molecular weight is 833 g/mol. The summed E-state index contributed by atoms with van der Waals surface area (Å²) >= 11 is 0. The highest BCUT2D eigenvalue weighted by Crippen LogP contribution is 2.33. The molecule has 0 N–H and O–H groups in total. The number of hydrogen-bond acceptors (Lipinski definition) is 9. The van der Waals surface area contributed by atoms with Gasteiger partial charge in [-0.3, -0.25) is 0 Å². The second-order valence-corrected chi connectivity index (χ2v) is 18.7. The summed E-state index contributed by atoms with van der Waals surface area (Å²) in [6, 6.07) is 50.9. The van der Waals surface area contributed by atoms with Gasteiger partial charge in [0, 0.05) is 33.4 Å². The molecule has 6 aromatic carbocycles. The van der Waals surface area contributed by atoms with Crippen LogP contribution in [0, 0.1) is 0 Å². The minimum Gasteiger partial charge on any atom is -0.416 e. The zero-order valence-electron chi connectivity index (χ0n) is 37.3. The van der Waals surface area contributed by atoms with E-state index >= 15 is 0 Å². The van der Waals surface area contributed by atoms with Crippen LogP contribution < -0.4 is 0 Å². The molecule has 0 atom stereocenters. The fourth-order valence-electron chi connectivity index (χ4n) is 6.93. The van der Waals surface area contributed by atoms with E-state index in [1.165, 1.54) is 22.3 Å². The van der Waals surface area contributed by atoms with E-state index in [9.17, 15) is 0 Å². The van der Waals surface area contributed by atoms with Gasteiger partial charge in [-0.15, -0.1) is 30.6 Å². The van der Waals surface area contributed by atoms with Crippen molar-refractivity contribution in [1.29, 1.82) is 0 Å². The van der Waals surface area contributed by atoms with Crippen LogP contribution in [0.4, 0.5) is 0 Å². The van der Waals surface area contributed by atoms with Gasteiger partial charge in [0.05, 0.1) is 0 Å². The fourth-order valence-corrected chi connectivity index (χ4v) is 6.93. The predicted octanol–water partition coefficient (Wildman–Crippen LogP) is 14.1. The quantitative estimate of drug-likeness (QED) is 0.155. The first-order valence-electron chi connectivity index (χ1n) is 21.2. The molecule has 0 unspecified atom stereocenters. The summed E-state index contributed by atoms with van der Waals surface area (Å²) in [5.41, 5.74) is 11.6. The number of rotatable bonds is 7. The monoisotopic (exact) mass is 832 g/mol. The molecule has 3 aromatic heterocycles.